The Bertz CT molecular complexity index is 545. The Hall–Kier alpha value is -1.54. The van der Waals surface area contributed by atoms with Gasteiger partial charge in [0, 0.05) is 20.0 Å². The molecule has 102 valence electrons. The third-order valence-corrected chi connectivity index (χ3v) is 3.75. The molecule has 1 fully saturated rings. The minimum Gasteiger partial charge on any atom is -0.382 e. The molecule has 0 amide bonds. The Kier molecular flexibility index (Phi) is 3.55. The van der Waals surface area contributed by atoms with Crippen LogP contribution in [0.5, 0.6) is 0 Å². The zero-order valence-electron chi connectivity index (χ0n) is 12.4. The summed E-state index contributed by atoms with van der Waals surface area (Å²) in [6.07, 6.45) is 2.37. The van der Waals surface area contributed by atoms with Crippen molar-refractivity contribution in [2.24, 2.45) is 0 Å². The largest absolute Gasteiger partial charge is 0.382 e. The fourth-order valence-corrected chi connectivity index (χ4v) is 2.21. The van der Waals surface area contributed by atoms with E-state index in [0.717, 1.165) is 11.3 Å². The molecule has 0 bridgehead atoms. The number of nitrogens with zero attached hydrogens (tertiary/aromatic N) is 3. The molecule has 2 N–H and O–H groups in total. The Morgan fingerprint density at radius 1 is 1.21 bits per heavy atom. The van der Waals surface area contributed by atoms with Gasteiger partial charge < -0.3 is 10.6 Å². The summed E-state index contributed by atoms with van der Waals surface area (Å²) >= 11 is 0. The molecule has 0 spiro atoms. The standard InChI is InChI=1S/C14H22N4Si/c1-18(2)14-16-12(10-6-7-10)11(13(15)17-14)8-9-19(3,4)5/h10H,6-7H2,1-5H3,(H2,15,16,17). The van der Waals surface area contributed by atoms with Gasteiger partial charge in [-0.2, -0.15) is 4.98 Å². The van der Waals surface area contributed by atoms with E-state index in [9.17, 15) is 0 Å². The first-order valence-corrected chi connectivity index (χ1v) is 10.2. The Morgan fingerprint density at radius 3 is 2.32 bits per heavy atom. The van der Waals surface area contributed by atoms with Crippen molar-refractivity contribution in [3.8, 4) is 11.5 Å². The number of hydrogen-bond donors (Lipinski definition) is 1. The van der Waals surface area contributed by atoms with E-state index < -0.39 is 8.07 Å². The van der Waals surface area contributed by atoms with Crippen LogP contribution in [0.4, 0.5) is 11.8 Å². The molecule has 1 saturated carbocycles. The van der Waals surface area contributed by atoms with Gasteiger partial charge in [0.25, 0.3) is 0 Å². The van der Waals surface area contributed by atoms with Crippen molar-refractivity contribution in [3.05, 3.63) is 11.3 Å². The number of aromatic nitrogens is 2. The highest BCUT2D eigenvalue weighted by molar-refractivity contribution is 6.83. The topological polar surface area (TPSA) is 55.0 Å². The molecule has 1 aromatic heterocycles. The van der Waals surface area contributed by atoms with Crippen LogP contribution >= 0.6 is 0 Å². The molecule has 0 aliphatic heterocycles. The molecule has 0 aromatic carbocycles. The maximum atomic E-state index is 6.09. The summed E-state index contributed by atoms with van der Waals surface area (Å²) in [4.78, 5) is 10.9. The van der Waals surface area contributed by atoms with Gasteiger partial charge in [0.05, 0.1) is 11.3 Å². The molecule has 0 radical (unpaired) electrons. The first-order chi connectivity index (χ1) is 8.78. The van der Waals surface area contributed by atoms with E-state index in [4.69, 9.17) is 5.73 Å². The second kappa shape index (κ2) is 4.86. The van der Waals surface area contributed by atoms with Crippen LogP contribution in [0.2, 0.25) is 19.6 Å². The van der Waals surface area contributed by atoms with Crippen LogP contribution in [-0.2, 0) is 0 Å². The molecular formula is C14H22N4Si. The van der Waals surface area contributed by atoms with E-state index in [1.807, 2.05) is 19.0 Å². The number of nitrogen functional groups attached to an aromatic ring is 1. The maximum absolute atomic E-state index is 6.09. The fraction of sp³-hybridized carbons (Fsp3) is 0.571. The van der Waals surface area contributed by atoms with Gasteiger partial charge in [-0.1, -0.05) is 25.6 Å². The number of rotatable bonds is 2. The SMILES string of the molecule is CN(C)c1nc(N)c(C#C[Si](C)(C)C)c(C2CC2)n1. The van der Waals surface area contributed by atoms with E-state index in [0.29, 0.717) is 17.7 Å². The summed E-state index contributed by atoms with van der Waals surface area (Å²) in [5.74, 6) is 4.97. The van der Waals surface area contributed by atoms with Crippen LogP contribution in [0, 0.1) is 11.5 Å². The molecule has 19 heavy (non-hydrogen) atoms. The van der Waals surface area contributed by atoms with Crippen LogP contribution in [-0.4, -0.2) is 32.1 Å². The minimum absolute atomic E-state index is 0.520. The zero-order chi connectivity index (χ0) is 14.2. The number of hydrogen-bond acceptors (Lipinski definition) is 4. The summed E-state index contributed by atoms with van der Waals surface area (Å²) in [5, 5.41) is 0. The predicted molar refractivity (Wildman–Crippen MR) is 83.0 cm³/mol. The first-order valence-electron chi connectivity index (χ1n) is 6.66. The van der Waals surface area contributed by atoms with Gasteiger partial charge in [0.15, 0.2) is 0 Å². The summed E-state index contributed by atoms with van der Waals surface area (Å²) < 4.78 is 0. The van der Waals surface area contributed by atoms with Gasteiger partial charge >= 0.3 is 0 Å². The average Bonchev–Trinajstić information content (AvgIpc) is 3.08. The highest BCUT2D eigenvalue weighted by atomic mass is 28.3. The van der Waals surface area contributed by atoms with Gasteiger partial charge in [-0.05, 0) is 12.8 Å². The third kappa shape index (κ3) is 3.48. The van der Waals surface area contributed by atoms with Gasteiger partial charge in [-0.15, -0.1) is 5.54 Å². The summed E-state index contributed by atoms with van der Waals surface area (Å²) in [6, 6.07) is 0. The molecule has 2 rings (SSSR count). The van der Waals surface area contributed by atoms with Crippen molar-refractivity contribution >= 4 is 19.8 Å². The number of anilines is 2. The smallest absolute Gasteiger partial charge is 0.227 e. The van der Waals surface area contributed by atoms with Crippen molar-refractivity contribution in [3.63, 3.8) is 0 Å². The molecule has 1 aliphatic rings. The lowest BCUT2D eigenvalue weighted by Gasteiger charge is -2.14. The molecule has 0 unspecified atom stereocenters. The molecule has 4 nitrogen and oxygen atoms in total. The van der Waals surface area contributed by atoms with E-state index in [1.54, 1.807) is 0 Å². The summed E-state index contributed by atoms with van der Waals surface area (Å²) in [5.41, 5.74) is 11.4. The van der Waals surface area contributed by atoms with Crippen molar-refractivity contribution in [2.75, 3.05) is 24.7 Å². The minimum atomic E-state index is -1.42. The van der Waals surface area contributed by atoms with E-state index in [1.165, 1.54) is 12.8 Å². The van der Waals surface area contributed by atoms with Crippen molar-refractivity contribution in [1.29, 1.82) is 0 Å². The van der Waals surface area contributed by atoms with Crippen LogP contribution in [0.3, 0.4) is 0 Å². The first kappa shape index (κ1) is 13.9. The van der Waals surface area contributed by atoms with Crippen molar-refractivity contribution in [2.45, 2.75) is 38.4 Å². The van der Waals surface area contributed by atoms with Gasteiger partial charge in [0.1, 0.15) is 13.9 Å². The van der Waals surface area contributed by atoms with Crippen molar-refractivity contribution < 1.29 is 0 Å². The maximum Gasteiger partial charge on any atom is 0.227 e. The number of nitrogens with two attached hydrogens (primary N) is 1. The van der Waals surface area contributed by atoms with Crippen LogP contribution in [0.1, 0.15) is 30.0 Å². The molecule has 1 aromatic rings. The normalized spacial score (nSPS) is 14.8. The fourth-order valence-electron chi connectivity index (χ4n) is 1.71. The van der Waals surface area contributed by atoms with Crippen LogP contribution in [0.25, 0.3) is 0 Å². The second-order valence-electron chi connectivity index (χ2n) is 6.34. The molecular weight excluding hydrogens is 252 g/mol. The Labute approximate surface area is 116 Å². The van der Waals surface area contributed by atoms with Gasteiger partial charge in [0.2, 0.25) is 5.95 Å². The third-order valence-electron chi connectivity index (χ3n) is 2.88. The average molecular weight is 274 g/mol. The molecule has 1 heterocycles. The highest BCUT2D eigenvalue weighted by Crippen LogP contribution is 2.41. The lowest BCUT2D eigenvalue weighted by molar-refractivity contribution is 0.932. The summed E-state index contributed by atoms with van der Waals surface area (Å²) in [6.45, 7) is 6.67. The van der Waals surface area contributed by atoms with E-state index in [2.05, 4.69) is 41.1 Å². The Morgan fingerprint density at radius 2 is 1.84 bits per heavy atom. The van der Waals surface area contributed by atoms with E-state index >= 15 is 0 Å². The van der Waals surface area contributed by atoms with Gasteiger partial charge in [-0.25, -0.2) is 4.98 Å². The molecule has 0 atom stereocenters. The van der Waals surface area contributed by atoms with Crippen LogP contribution < -0.4 is 10.6 Å². The van der Waals surface area contributed by atoms with Crippen LogP contribution in [0.15, 0.2) is 0 Å². The van der Waals surface area contributed by atoms with E-state index in [-0.39, 0.29) is 0 Å². The Balaban J connectivity index is 2.49. The second-order valence-corrected chi connectivity index (χ2v) is 11.1. The quantitative estimate of drug-likeness (QED) is 0.664. The van der Waals surface area contributed by atoms with Gasteiger partial charge in [-0.3, -0.25) is 0 Å². The molecule has 0 saturated heterocycles. The zero-order valence-corrected chi connectivity index (χ0v) is 13.4. The highest BCUT2D eigenvalue weighted by Gasteiger charge is 2.29. The molecule has 5 heteroatoms. The molecule has 1 aliphatic carbocycles. The van der Waals surface area contributed by atoms with Crippen molar-refractivity contribution in [1.82, 2.24) is 9.97 Å². The monoisotopic (exact) mass is 274 g/mol. The lowest BCUT2D eigenvalue weighted by atomic mass is 10.1. The summed E-state index contributed by atoms with van der Waals surface area (Å²) in [7, 11) is 2.44. The predicted octanol–water partition coefficient (Wildman–Crippen LogP) is 2.23. The lowest BCUT2D eigenvalue weighted by Crippen LogP contribution is -2.18.